The minimum absolute atomic E-state index is 0.105. The molecular weight excluding hydrogens is 231 g/mol. The first kappa shape index (κ1) is 15.3. The van der Waals surface area contributed by atoms with Crippen molar-refractivity contribution in [2.45, 2.75) is 33.6 Å². The zero-order valence-electron chi connectivity index (χ0n) is 9.93. The van der Waals surface area contributed by atoms with Crippen molar-refractivity contribution in [1.82, 2.24) is 0 Å². The molecule has 0 spiro atoms. The molecule has 0 aliphatic carbocycles. The van der Waals surface area contributed by atoms with E-state index in [1.165, 1.54) is 12.1 Å². The number of benzene rings is 1. The summed E-state index contributed by atoms with van der Waals surface area (Å²) in [6.07, 6.45) is -4.83. The number of halogens is 3. The maximum Gasteiger partial charge on any atom is 0.573 e. The van der Waals surface area contributed by atoms with Gasteiger partial charge >= 0.3 is 6.36 Å². The zero-order valence-corrected chi connectivity index (χ0v) is 9.93. The number of aryl methyl sites for hydroxylation is 1. The van der Waals surface area contributed by atoms with Gasteiger partial charge in [0.25, 0.3) is 0 Å². The number of rotatable bonds is 2. The SMILES string of the molecule is CC.Cc1ccc(CC#N)c(OC(F)(F)F)c1. The van der Waals surface area contributed by atoms with Crippen LogP contribution in [0, 0.1) is 18.3 Å². The van der Waals surface area contributed by atoms with Crippen LogP contribution in [0.15, 0.2) is 18.2 Å². The van der Waals surface area contributed by atoms with Crippen LogP contribution in [0.2, 0.25) is 0 Å². The van der Waals surface area contributed by atoms with Crippen LogP contribution in [0.4, 0.5) is 13.2 Å². The molecule has 0 bridgehead atoms. The highest BCUT2D eigenvalue weighted by atomic mass is 19.4. The summed E-state index contributed by atoms with van der Waals surface area (Å²) in [6, 6.07) is 6.14. The average molecular weight is 245 g/mol. The maximum absolute atomic E-state index is 12.0. The Labute approximate surface area is 98.6 Å². The Bertz CT molecular complexity index is 394. The topological polar surface area (TPSA) is 33.0 Å². The predicted molar refractivity (Wildman–Crippen MR) is 58.5 cm³/mol. The van der Waals surface area contributed by atoms with E-state index in [2.05, 4.69) is 4.74 Å². The van der Waals surface area contributed by atoms with Gasteiger partial charge < -0.3 is 4.74 Å². The van der Waals surface area contributed by atoms with Gasteiger partial charge in [0.15, 0.2) is 0 Å². The second-order valence-electron chi connectivity index (χ2n) is 2.99. The lowest BCUT2D eigenvalue weighted by molar-refractivity contribution is -0.274. The molecular formula is C12H14F3NO. The van der Waals surface area contributed by atoms with Crippen LogP contribution < -0.4 is 4.74 Å². The molecule has 0 N–H and O–H groups in total. The third kappa shape index (κ3) is 5.81. The van der Waals surface area contributed by atoms with Gasteiger partial charge in [0, 0.05) is 5.56 Å². The average Bonchev–Trinajstić information content (AvgIpc) is 2.23. The van der Waals surface area contributed by atoms with E-state index >= 15 is 0 Å². The number of nitrogens with zero attached hydrogens (tertiary/aromatic N) is 1. The molecule has 2 nitrogen and oxygen atoms in total. The van der Waals surface area contributed by atoms with Crippen LogP contribution in [-0.4, -0.2) is 6.36 Å². The molecule has 94 valence electrons. The lowest BCUT2D eigenvalue weighted by Crippen LogP contribution is -2.18. The number of alkyl halides is 3. The number of nitriles is 1. The number of ether oxygens (including phenoxy) is 1. The molecule has 0 saturated heterocycles. The van der Waals surface area contributed by atoms with Gasteiger partial charge in [-0.25, -0.2) is 0 Å². The van der Waals surface area contributed by atoms with Gasteiger partial charge in [-0.05, 0) is 18.6 Å². The lowest BCUT2D eigenvalue weighted by atomic mass is 10.1. The van der Waals surface area contributed by atoms with Gasteiger partial charge in [-0.2, -0.15) is 5.26 Å². The van der Waals surface area contributed by atoms with Crippen molar-refractivity contribution in [3.63, 3.8) is 0 Å². The molecule has 1 aromatic carbocycles. The largest absolute Gasteiger partial charge is 0.573 e. The first-order valence-electron chi connectivity index (χ1n) is 5.14. The second-order valence-corrected chi connectivity index (χ2v) is 2.99. The molecule has 0 unspecified atom stereocenters. The van der Waals surface area contributed by atoms with Crippen molar-refractivity contribution in [3.05, 3.63) is 29.3 Å². The van der Waals surface area contributed by atoms with Crippen molar-refractivity contribution in [2.75, 3.05) is 0 Å². The highest BCUT2D eigenvalue weighted by molar-refractivity contribution is 5.38. The van der Waals surface area contributed by atoms with E-state index in [1.807, 2.05) is 13.8 Å². The van der Waals surface area contributed by atoms with Crippen LogP contribution in [0.25, 0.3) is 0 Å². The monoisotopic (exact) mass is 245 g/mol. The zero-order chi connectivity index (χ0) is 13.5. The molecule has 0 radical (unpaired) electrons. The van der Waals surface area contributed by atoms with Crippen LogP contribution in [-0.2, 0) is 6.42 Å². The summed E-state index contributed by atoms with van der Waals surface area (Å²) in [4.78, 5) is 0. The first-order chi connectivity index (χ1) is 7.92. The Hall–Kier alpha value is -1.70. The van der Waals surface area contributed by atoms with E-state index in [0.717, 1.165) is 0 Å². The van der Waals surface area contributed by atoms with Gasteiger partial charge in [0.2, 0.25) is 0 Å². The highest BCUT2D eigenvalue weighted by Crippen LogP contribution is 2.27. The summed E-state index contributed by atoms with van der Waals surface area (Å²) < 4.78 is 39.8. The third-order valence-electron chi connectivity index (χ3n) is 1.72. The molecule has 0 saturated carbocycles. The Morgan fingerprint density at radius 3 is 2.35 bits per heavy atom. The Morgan fingerprint density at radius 1 is 1.29 bits per heavy atom. The minimum Gasteiger partial charge on any atom is -0.405 e. The van der Waals surface area contributed by atoms with E-state index in [4.69, 9.17) is 5.26 Å². The molecule has 0 aliphatic rings. The van der Waals surface area contributed by atoms with Crippen LogP contribution in [0.5, 0.6) is 5.75 Å². The summed E-state index contributed by atoms with van der Waals surface area (Å²) in [6.45, 7) is 5.65. The fourth-order valence-electron chi connectivity index (χ4n) is 1.11. The van der Waals surface area contributed by atoms with E-state index in [-0.39, 0.29) is 17.7 Å². The van der Waals surface area contributed by atoms with E-state index in [1.54, 1.807) is 19.1 Å². The van der Waals surface area contributed by atoms with Gasteiger partial charge in [0.1, 0.15) is 5.75 Å². The van der Waals surface area contributed by atoms with Crippen molar-refractivity contribution >= 4 is 0 Å². The van der Waals surface area contributed by atoms with Crippen molar-refractivity contribution < 1.29 is 17.9 Å². The number of hydrogen-bond donors (Lipinski definition) is 0. The smallest absolute Gasteiger partial charge is 0.405 e. The predicted octanol–water partition coefficient (Wildman–Crippen LogP) is 3.99. The fourth-order valence-corrected chi connectivity index (χ4v) is 1.11. The van der Waals surface area contributed by atoms with Gasteiger partial charge in [-0.15, -0.1) is 13.2 Å². The molecule has 0 atom stereocenters. The van der Waals surface area contributed by atoms with Crippen molar-refractivity contribution in [2.24, 2.45) is 0 Å². The fraction of sp³-hybridized carbons (Fsp3) is 0.417. The van der Waals surface area contributed by atoms with Gasteiger partial charge in [0.05, 0.1) is 12.5 Å². The molecule has 0 aromatic heterocycles. The van der Waals surface area contributed by atoms with E-state index in [9.17, 15) is 13.2 Å². The Morgan fingerprint density at radius 2 is 1.88 bits per heavy atom. The quantitative estimate of drug-likeness (QED) is 0.789. The van der Waals surface area contributed by atoms with Crippen molar-refractivity contribution in [3.8, 4) is 11.8 Å². The molecule has 0 heterocycles. The van der Waals surface area contributed by atoms with Crippen LogP contribution in [0.1, 0.15) is 25.0 Å². The van der Waals surface area contributed by atoms with E-state index < -0.39 is 6.36 Å². The summed E-state index contributed by atoms with van der Waals surface area (Å²) in [5.74, 6) is -0.302. The van der Waals surface area contributed by atoms with Crippen LogP contribution in [0.3, 0.4) is 0 Å². The highest BCUT2D eigenvalue weighted by Gasteiger charge is 2.32. The molecule has 0 aliphatic heterocycles. The summed E-state index contributed by atoms with van der Waals surface area (Å²) >= 11 is 0. The molecule has 1 rings (SSSR count). The molecule has 1 aromatic rings. The molecule has 0 fully saturated rings. The normalized spacial score (nSPS) is 9.94. The lowest BCUT2D eigenvalue weighted by Gasteiger charge is -2.12. The van der Waals surface area contributed by atoms with Gasteiger partial charge in [-0.1, -0.05) is 26.0 Å². The standard InChI is InChI=1S/C10H8F3NO.C2H6/c1-7-2-3-8(4-5-14)9(6-7)15-10(11,12)13;1-2/h2-3,6H,4H2,1H3;1-2H3. The summed E-state index contributed by atoms with van der Waals surface area (Å²) in [7, 11) is 0. The summed E-state index contributed by atoms with van der Waals surface area (Å²) in [5, 5.41) is 8.42. The maximum atomic E-state index is 12.0. The third-order valence-corrected chi connectivity index (χ3v) is 1.72. The Balaban J connectivity index is 0.00000121. The molecule has 0 amide bonds. The molecule has 5 heteroatoms. The second kappa shape index (κ2) is 6.79. The van der Waals surface area contributed by atoms with Crippen LogP contribution >= 0.6 is 0 Å². The minimum atomic E-state index is -4.72. The van der Waals surface area contributed by atoms with Gasteiger partial charge in [-0.3, -0.25) is 0 Å². The van der Waals surface area contributed by atoms with E-state index in [0.29, 0.717) is 5.56 Å². The number of hydrogen-bond acceptors (Lipinski definition) is 2. The molecule has 17 heavy (non-hydrogen) atoms. The van der Waals surface area contributed by atoms with Crippen molar-refractivity contribution in [1.29, 1.82) is 5.26 Å². The summed E-state index contributed by atoms with van der Waals surface area (Å²) in [5.41, 5.74) is 0.886. The Kier molecular flexibility index (Phi) is 6.11. The first-order valence-corrected chi connectivity index (χ1v) is 5.14.